The van der Waals surface area contributed by atoms with Crippen molar-refractivity contribution in [1.82, 2.24) is 50.6 Å². The van der Waals surface area contributed by atoms with E-state index in [4.69, 9.17) is 4.74 Å². The van der Waals surface area contributed by atoms with Gasteiger partial charge in [0.05, 0.1) is 49.4 Å². The van der Waals surface area contributed by atoms with E-state index in [9.17, 15) is 14.9 Å². The van der Waals surface area contributed by atoms with E-state index >= 15 is 0 Å². The minimum Gasteiger partial charge on any atom is -0.444 e. The maximum Gasteiger partial charge on any atom is 0.410 e. The molecule has 2 amide bonds. The van der Waals surface area contributed by atoms with Gasteiger partial charge in [0.2, 0.25) is 5.91 Å². The summed E-state index contributed by atoms with van der Waals surface area (Å²) in [7, 11) is 0. The van der Waals surface area contributed by atoms with E-state index in [0.29, 0.717) is 45.6 Å². The van der Waals surface area contributed by atoms with Gasteiger partial charge in [-0.1, -0.05) is 16.5 Å². The number of amides is 2. The first-order valence-electron chi connectivity index (χ1n) is 15.4. The van der Waals surface area contributed by atoms with Crippen LogP contribution in [0, 0.1) is 17.2 Å². The molecule has 6 rings (SSSR count). The standard InChI is InChI=1S/C30H40N12O3/c1-29(2,3)45-28(44)39-12-6-30(5-8-31,7-13-39)42-24-4-9-32-27(43)25(24)26(36-42)35-23-17-21(19-40-14-10-33-37-40)16-22(18-23)20-41-15-11-34-38-41/h10-11,14-18,24-26,35-36H,4-7,9,12-13,19-20H2,1-3H3,(H,32,43). The van der Waals surface area contributed by atoms with Gasteiger partial charge in [-0.15, -0.1) is 10.2 Å². The van der Waals surface area contributed by atoms with Crippen LogP contribution in [0.1, 0.15) is 57.6 Å². The summed E-state index contributed by atoms with van der Waals surface area (Å²) < 4.78 is 9.13. The zero-order valence-corrected chi connectivity index (χ0v) is 25.9. The average Bonchev–Trinajstić information content (AvgIpc) is 3.76. The summed E-state index contributed by atoms with van der Waals surface area (Å²) >= 11 is 0. The van der Waals surface area contributed by atoms with Gasteiger partial charge in [0, 0.05) is 43.8 Å². The van der Waals surface area contributed by atoms with Crippen molar-refractivity contribution in [3.05, 3.63) is 54.1 Å². The highest BCUT2D eigenvalue weighted by Crippen LogP contribution is 2.40. The van der Waals surface area contributed by atoms with E-state index in [1.54, 1.807) is 26.7 Å². The van der Waals surface area contributed by atoms with Gasteiger partial charge in [0.15, 0.2) is 0 Å². The fourth-order valence-corrected chi connectivity index (χ4v) is 6.71. The molecule has 2 aromatic heterocycles. The topological polar surface area (TPSA) is 171 Å². The Morgan fingerprint density at radius 1 is 1.09 bits per heavy atom. The average molecular weight is 617 g/mol. The fraction of sp³-hybridized carbons (Fsp3) is 0.567. The van der Waals surface area contributed by atoms with Crippen molar-refractivity contribution in [3.63, 3.8) is 0 Å². The number of aromatic nitrogens is 6. The number of carbonyl (C=O) groups is 2. The summed E-state index contributed by atoms with van der Waals surface area (Å²) in [5.41, 5.74) is 5.37. The van der Waals surface area contributed by atoms with Crippen LogP contribution >= 0.6 is 0 Å². The molecule has 0 bridgehead atoms. The third-order valence-corrected chi connectivity index (χ3v) is 8.70. The van der Waals surface area contributed by atoms with E-state index in [1.807, 2.05) is 33.2 Å². The minimum atomic E-state index is -0.585. The van der Waals surface area contributed by atoms with Crippen molar-refractivity contribution in [1.29, 1.82) is 5.26 Å². The van der Waals surface area contributed by atoms with Gasteiger partial charge >= 0.3 is 6.09 Å². The van der Waals surface area contributed by atoms with Crippen LogP contribution in [0.4, 0.5) is 10.5 Å². The first-order valence-corrected chi connectivity index (χ1v) is 15.4. The molecular weight excluding hydrogens is 576 g/mol. The smallest absolute Gasteiger partial charge is 0.410 e. The van der Waals surface area contributed by atoms with Crippen LogP contribution in [-0.2, 0) is 22.6 Å². The Bertz CT molecular complexity index is 1470. The zero-order chi connectivity index (χ0) is 31.6. The van der Waals surface area contributed by atoms with Crippen LogP contribution < -0.4 is 16.1 Å². The molecule has 15 heteroatoms. The van der Waals surface area contributed by atoms with E-state index in [0.717, 1.165) is 23.2 Å². The van der Waals surface area contributed by atoms with E-state index in [1.165, 1.54) is 0 Å². The lowest BCUT2D eigenvalue weighted by Crippen LogP contribution is -2.62. The molecule has 3 unspecified atom stereocenters. The van der Waals surface area contributed by atoms with E-state index < -0.39 is 23.2 Å². The number of nitriles is 1. The molecule has 3 aromatic rings. The van der Waals surface area contributed by atoms with Crippen LogP contribution in [0.2, 0.25) is 0 Å². The molecule has 0 saturated carbocycles. The maximum atomic E-state index is 13.4. The van der Waals surface area contributed by atoms with Crippen LogP contribution in [0.15, 0.2) is 43.0 Å². The molecule has 15 nitrogen and oxygen atoms in total. The highest BCUT2D eigenvalue weighted by atomic mass is 16.6. The highest BCUT2D eigenvalue weighted by molar-refractivity contribution is 5.82. The van der Waals surface area contributed by atoms with E-state index in [2.05, 4.69) is 66.0 Å². The molecule has 0 spiro atoms. The monoisotopic (exact) mass is 616 g/mol. The molecule has 3 saturated heterocycles. The number of rotatable bonds is 8. The SMILES string of the molecule is CC(C)(C)OC(=O)N1CCC(CC#N)(N2NC(Nc3cc(Cn4ccnn4)cc(Cn4ccnn4)c3)C3C(=O)NCCC32)CC1. The lowest BCUT2D eigenvalue weighted by molar-refractivity contribution is -0.128. The van der Waals surface area contributed by atoms with Gasteiger partial charge in [-0.05, 0) is 63.3 Å². The molecular formula is C30H40N12O3. The minimum absolute atomic E-state index is 0.0290. The number of anilines is 1. The van der Waals surface area contributed by atoms with Gasteiger partial charge in [-0.2, -0.15) is 5.26 Å². The second-order valence-corrected chi connectivity index (χ2v) is 13.1. The van der Waals surface area contributed by atoms with E-state index in [-0.39, 0.29) is 24.5 Å². The van der Waals surface area contributed by atoms with Crippen molar-refractivity contribution in [2.24, 2.45) is 5.92 Å². The predicted octanol–water partition coefficient (Wildman–Crippen LogP) is 1.71. The molecule has 0 aliphatic carbocycles. The molecule has 3 atom stereocenters. The Hall–Kier alpha value is -4.55. The van der Waals surface area contributed by atoms with Crippen LogP contribution in [0.25, 0.3) is 0 Å². The van der Waals surface area contributed by atoms with Crippen molar-refractivity contribution in [2.45, 2.75) is 82.9 Å². The molecule has 5 heterocycles. The summed E-state index contributed by atoms with van der Waals surface area (Å²) in [5, 5.41) is 34.9. The molecule has 0 radical (unpaired) electrons. The second-order valence-electron chi connectivity index (χ2n) is 13.1. The molecule has 1 aromatic carbocycles. The summed E-state index contributed by atoms with van der Waals surface area (Å²) in [6.07, 6.45) is 8.34. The number of fused-ring (bicyclic) bond motifs is 1. The van der Waals surface area contributed by atoms with Gasteiger partial charge in [0.1, 0.15) is 11.8 Å². The van der Waals surface area contributed by atoms with Crippen molar-refractivity contribution in [3.8, 4) is 6.07 Å². The van der Waals surface area contributed by atoms with Crippen molar-refractivity contribution in [2.75, 3.05) is 25.0 Å². The van der Waals surface area contributed by atoms with Crippen molar-refractivity contribution < 1.29 is 14.3 Å². The normalized spacial score (nSPS) is 23.2. The highest BCUT2D eigenvalue weighted by Gasteiger charge is 2.55. The number of nitrogens with one attached hydrogen (secondary N) is 3. The van der Waals surface area contributed by atoms with Crippen LogP contribution in [0.5, 0.6) is 0 Å². The number of hydrogen-bond donors (Lipinski definition) is 3. The molecule has 45 heavy (non-hydrogen) atoms. The fourth-order valence-electron chi connectivity index (χ4n) is 6.71. The summed E-state index contributed by atoms with van der Waals surface area (Å²) in [6, 6.07) is 8.48. The lowest BCUT2D eigenvalue weighted by atomic mass is 9.81. The Balaban J connectivity index is 1.25. The molecule has 3 aliphatic rings. The number of benzene rings is 1. The molecule has 238 valence electrons. The zero-order valence-electron chi connectivity index (χ0n) is 25.9. The number of ether oxygens (including phenoxy) is 1. The number of nitrogens with zero attached hydrogens (tertiary/aromatic N) is 9. The van der Waals surface area contributed by atoms with Gasteiger partial charge in [0.25, 0.3) is 0 Å². The number of hydrazine groups is 1. The quantitative estimate of drug-likeness (QED) is 0.337. The third-order valence-electron chi connectivity index (χ3n) is 8.70. The summed E-state index contributed by atoms with van der Waals surface area (Å²) in [4.78, 5) is 27.9. The Morgan fingerprint density at radius 2 is 1.73 bits per heavy atom. The second kappa shape index (κ2) is 12.4. The molecule has 3 fully saturated rings. The van der Waals surface area contributed by atoms with Gasteiger partial charge in [-0.25, -0.2) is 24.6 Å². The van der Waals surface area contributed by atoms with Crippen LogP contribution in [-0.4, -0.2) is 94.9 Å². The molecule has 3 N–H and O–H groups in total. The van der Waals surface area contributed by atoms with Crippen molar-refractivity contribution >= 4 is 17.7 Å². The first-order chi connectivity index (χ1) is 21.6. The Labute approximate surface area is 261 Å². The van der Waals surface area contributed by atoms with Gasteiger partial charge in [-0.3, -0.25) is 4.79 Å². The largest absolute Gasteiger partial charge is 0.444 e. The number of likely N-dealkylation sites (tertiary alicyclic amines) is 1. The summed E-state index contributed by atoms with van der Waals surface area (Å²) in [6.45, 7) is 8.10. The third kappa shape index (κ3) is 6.76. The predicted molar refractivity (Wildman–Crippen MR) is 162 cm³/mol. The summed E-state index contributed by atoms with van der Waals surface area (Å²) in [5.74, 6) is -0.422. The number of piperidine rings is 2. The Morgan fingerprint density at radius 3 is 2.29 bits per heavy atom. The molecule has 3 aliphatic heterocycles. The Kier molecular flexibility index (Phi) is 8.43. The van der Waals surface area contributed by atoms with Crippen LogP contribution in [0.3, 0.4) is 0 Å². The first kappa shape index (κ1) is 30.5. The number of carbonyl (C=O) groups excluding carboxylic acids is 2. The van der Waals surface area contributed by atoms with Gasteiger partial charge < -0.3 is 20.3 Å². The lowest BCUT2D eigenvalue weighted by Gasteiger charge is -2.48. The number of hydrogen-bond acceptors (Lipinski definition) is 11. The maximum absolute atomic E-state index is 13.4.